The number of hydrogen-bond acceptors (Lipinski definition) is 0. The zero-order valence-electron chi connectivity index (χ0n) is 12.0. The van der Waals surface area contributed by atoms with Crippen molar-refractivity contribution in [1.29, 1.82) is 0 Å². The van der Waals surface area contributed by atoms with Gasteiger partial charge in [0, 0.05) is 9.52 Å². The maximum Gasteiger partial charge on any atom is 4.00 e. The van der Waals surface area contributed by atoms with Crippen molar-refractivity contribution < 1.29 is 58.9 Å². The first-order chi connectivity index (χ1) is 7.06. The Labute approximate surface area is 154 Å². The minimum atomic E-state index is 0. The van der Waals surface area contributed by atoms with Crippen LogP contribution < -0.4 is 37.2 Å². The van der Waals surface area contributed by atoms with Gasteiger partial charge in [0.25, 0.3) is 0 Å². The predicted octanol–water partition coefficient (Wildman–Crippen LogP) is -5.82. The van der Waals surface area contributed by atoms with Crippen LogP contribution in [0.25, 0.3) is 0 Å². The smallest absolute Gasteiger partial charge is 1.00 e. The van der Waals surface area contributed by atoms with Crippen LogP contribution in [-0.4, -0.2) is 9.52 Å². The molecule has 0 aliphatic heterocycles. The molecule has 5 heteroatoms. The SMILES string of the molecule is CC(C)(C)[SiH2]C[c-]1ccc2c1CCCC2.[Cl-].[Cl-].[Cl-].[Ti+4]. The molecule has 0 aromatic heterocycles. The Balaban J connectivity index is -0.000000640. The van der Waals surface area contributed by atoms with Gasteiger partial charge in [0.1, 0.15) is 0 Å². The molecule has 0 saturated heterocycles. The minimum Gasteiger partial charge on any atom is -1.00 e. The molecule has 19 heavy (non-hydrogen) atoms. The summed E-state index contributed by atoms with van der Waals surface area (Å²) in [5, 5.41) is 0.610. The molecule has 0 spiro atoms. The normalized spacial score (nSPS) is 13.6. The molecule has 0 heterocycles. The van der Waals surface area contributed by atoms with Crippen molar-refractivity contribution >= 4 is 9.52 Å². The standard InChI is InChI=1S/C14H23Si.3ClH.Ti/c1-14(2,3)15-10-12-9-8-11-6-4-5-7-13(11)12;;;;/h8-9H,4-7,10,15H2,1-3H3;3*1H;/q-1;;;;+4/p-3. The molecule has 0 saturated carbocycles. The third kappa shape index (κ3) is 7.64. The van der Waals surface area contributed by atoms with Crippen molar-refractivity contribution in [2.45, 2.75) is 57.5 Å². The van der Waals surface area contributed by atoms with Crippen LogP contribution in [0.5, 0.6) is 0 Å². The van der Waals surface area contributed by atoms with Crippen LogP contribution >= 0.6 is 0 Å². The topological polar surface area (TPSA) is 0 Å². The Hall–Kier alpha value is 1.15. The molecule has 0 radical (unpaired) electrons. The average molecular weight is 374 g/mol. The summed E-state index contributed by atoms with van der Waals surface area (Å²) < 4.78 is 0. The predicted molar refractivity (Wildman–Crippen MR) is 70.6 cm³/mol. The fraction of sp³-hybridized carbons (Fsp3) is 0.643. The first-order valence-electron chi connectivity index (χ1n) is 6.32. The van der Waals surface area contributed by atoms with E-state index in [0.717, 1.165) is 0 Å². The Morgan fingerprint density at radius 2 is 1.68 bits per heavy atom. The van der Waals surface area contributed by atoms with E-state index in [9.17, 15) is 0 Å². The average Bonchev–Trinajstić information content (AvgIpc) is 2.57. The third-order valence-corrected chi connectivity index (χ3v) is 5.82. The van der Waals surface area contributed by atoms with E-state index in [1.165, 1.54) is 31.7 Å². The molecule has 108 valence electrons. The largest absolute Gasteiger partial charge is 4.00 e. The van der Waals surface area contributed by atoms with Gasteiger partial charge in [0.2, 0.25) is 0 Å². The van der Waals surface area contributed by atoms with Gasteiger partial charge in [-0.1, -0.05) is 52.5 Å². The summed E-state index contributed by atoms with van der Waals surface area (Å²) in [7, 11) is 0.0504. The molecule has 0 unspecified atom stereocenters. The van der Waals surface area contributed by atoms with Gasteiger partial charge in [-0.25, -0.2) is 6.07 Å². The van der Waals surface area contributed by atoms with Gasteiger partial charge in [-0.2, -0.15) is 22.8 Å². The Morgan fingerprint density at radius 3 is 2.26 bits per heavy atom. The van der Waals surface area contributed by atoms with Gasteiger partial charge in [-0.15, -0.1) is 0 Å². The van der Waals surface area contributed by atoms with Crippen molar-refractivity contribution in [2.75, 3.05) is 0 Å². The van der Waals surface area contributed by atoms with Crippen LogP contribution in [0.1, 0.15) is 50.3 Å². The van der Waals surface area contributed by atoms with Crippen LogP contribution in [0.3, 0.4) is 0 Å². The number of rotatable bonds is 2. The van der Waals surface area contributed by atoms with Crippen molar-refractivity contribution in [1.82, 2.24) is 0 Å². The maximum atomic E-state index is 2.41. The molecule has 1 aromatic rings. The monoisotopic (exact) mass is 372 g/mol. The van der Waals surface area contributed by atoms with Crippen LogP contribution in [0.2, 0.25) is 5.04 Å². The fourth-order valence-electron chi connectivity index (χ4n) is 2.53. The van der Waals surface area contributed by atoms with Gasteiger partial charge in [-0.05, 0) is 5.04 Å². The molecule has 1 aliphatic carbocycles. The fourth-order valence-corrected chi connectivity index (χ4v) is 4.01. The summed E-state index contributed by atoms with van der Waals surface area (Å²) in [6.07, 6.45) is 5.52. The summed E-state index contributed by atoms with van der Waals surface area (Å²) in [6.45, 7) is 7.19. The summed E-state index contributed by atoms with van der Waals surface area (Å²) in [5.41, 5.74) is 5.10. The van der Waals surface area contributed by atoms with Gasteiger partial charge in [0.05, 0.1) is 0 Å². The molecular formula is C14H23Cl3SiTi. The molecule has 0 nitrogen and oxygen atoms in total. The summed E-state index contributed by atoms with van der Waals surface area (Å²) in [5.74, 6) is 0. The van der Waals surface area contributed by atoms with E-state index < -0.39 is 0 Å². The maximum absolute atomic E-state index is 2.41. The number of aryl methyl sites for hydroxylation is 1. The molecule has 0 N–H and O–H groups in total. The summed E-state index contributed by atoms with van der Waals surface area (Å²) >= 11 is 0. The van der Waals surface area contributed by atoms with Crippen LogP contribution in [-0.2, 0) is 40.6 Å². The van der Waals surface area contributed by atoms with Crippen LogP contribution in [0.15, 0.2) is 12.1 Å². The molecule has 0 fully saturated rings. The molecule has 0 amide bonds. The van der Waals surface area contributed by atoms with Crippen LogP contribution in [0, 0.1) is 0 Å². The van der Waals surface area contributed by atoms with E-state index in [-0.39, 0.29) is 68.5 Å². The number of fused-ring (bicyclic) bond motifs is 1. The third-order valence-electron chi connectivity index (χ3n) is 3.53. The van der Waals surface area contributed by atoms with Crippen molar-refractivity contribution in [2.24, 2.45) is 0 Å². The number of halogens is 3. The van der Waals surface area contributed by atoms with E-state index in [0.29, 0.717) is 5.04 Å². The van der Waals surface area contributed by atoms with Gasteiger partial charge >= 0.3 is 21.7 Å². The van der Waals surface area contributed by atoms with Gasteiger partial charge in [-0.3, -0.25) is 0 Å². The second-order valence-corrected chi connectivity index (χ2v) is 9.25. The van der Waals surface area contributed by atoms with Gasteiger partial charge in [0.15, 0.2) is 0 Å². The Morgan fingerprint density at radius 1 is 1.11 bits per heavy atom. The molecule has 1 aliphatic rings. The first kappa shape index (κ1) is 25.1. The zero-order valence-corrected chi connectivity index (χ0v) is 17.3. The quantitative estimate of drug-likeness (QED) is 0.358. The van der Waals surface area contributed by atoms with E-state index in [1.807, 2.05) is 0 Å². The van der Waals surface area contributed by atoms with Crippen LogP contribution in [0.4, 0.5) is 0 Å². The zero-order chi connectivity index (χ0) is 10.9. The molecule has 1 aromatic carbocycles. The Kier molecular flexibility index (Phi) is 14.3. The van der Waals surface area contributed by atoms with E-state index in [2.05, 4.69) is 32.9 Å². The molecule has 0 atom stereocenters. The van der Waals surface area contributed by atoms with Crippen molar-refractivity contribution in [3.8, 4) is 0 Å². The Bertz CT molecular complexity index is 345. The van der Waals surface area contributed by atoms with Crippen molar-refractivity contribution in [3.05, 3.63) is 28.8 Å². The van der Waals surface area contributed by atoms with Crippen molar-refractivity contribution in [3.63, 3.8) is 0 Å². The molecule has 0 bridgehead atoms. The second-order valence-electron chi connectivity index (χ2n) is 6.13. The number of hydrogen-bond donors (Lipinski definition) is 0. The van der Waals surface area contributed by atoms with E-state index in [1.54, 1.807) is 16.7 Å². The summed E-state index contributed by atoms with van der Waals surface area (Å²) in [4.78, 5) is 0. The molecular weight excluding hydrogens is 350 g/mol. The molecule has 2 rings (SSSR count). The van der Waals surface area contributed by atoms with E-state index >= 15 is 0 Å². The minimum absolute atomic E-state index is 0. The second kappa shape index (κ2) is 10.8. The summed E-state index contributed by atoms with van der Waals surface area (Å²) in [6, 6.07) is 6.22. The van der Waals surface area contributed by atoms with E-state index in [4.69, 9.17) is 0 Å². The first-order valence-corrected chi connectivity index (χ1v) is 8.03. The van der Waals surface area contributed by atoms with Gasteiger partial charge < -0.3 is 37.2 Å².